The molecule has 0 saturated heterocycles. The van der Waals surface area contributed by atoms with Crippen LogP contribution in [0.3, 0.4) is 0 Å². The molecule has 0 unspecified atom stereocenters. The van der Waals surface area contributed by atoms with Crippen molar-refractivity contribution in [2.75, 3.05) is 6.61 Å². The third kappa shape index (κ3) is 2.43. The van der Waals surface area contributed by atoms with Crippen LogP contribution in [-0.2, 0) is 4.79 Å². The highest BCUT2D eigenvalue weighted by Gasteiger charge is 1.98. The Labute approximate surface area is 70.2 Å². The second-order valence-corrected chi connectivity index (χ2v) is 2.14. The predicted octanol–water partition coefficient (Wildman–Crippen LogP) is 1.16. The maximum Gasteiger partial charge on any atom is 0.269 e. The van der Waals surface area contributed by atoms with E-state index >= 15 is 0 Å². The Balaban J connectivity index is 2.45. The average molecular weight is 161 g/mol. The summed E-state index contributed by atoms with van der Waals surface area (Å²) in [5.41, 5.74) is 0. The van der Waals surface area contributed by atoms with Crippen LogP contribution in [0.15, 0.2) is 30.3 Å². The zero-order chi connectivity index (χ0) is 8.81. The molecule has 0 radical (unpaired) electrons. The molecule has 0 aliphatic carbocycles. The number of rotatable bonds is 3. The van der Waals surface area contributed by atoms with E-state index in [1.807, 2.05) is 6.07 Å². The Bertz CT molecular complexity index is 300. The van der Waals surface area contributed by atoms with Crippen molar-refractivity contribution in [3.05, 3.63) is 30.3 Å². The van der Waals surface area contributed by atoms with Gasteiger partial charge in [-0.1, -0.05) is 18.2 Å². The SMILES string of the molecule is N#CC(=O)COc1ccccc1. The van der Waals surface area contributed by atoms with E-state index in [9.17, 15) is 4.79 Å². The van der Waals surface area contributed by atoms with Gasteiger partial charge in [0.05, 0.1) is 0 Å². The molecule has 0 saturated carbocycles. The van der Waals surface area contributed by atoms with E-state index in [4.69, 9.17) is 10.00 Å². The number of para-hydroxylation sites is 1. The smallest absolute Gasteiger partial charge is 0.269 e. The lowest BCUT2D eigenvalue weighted by molar-refractivity contribution is -0.115. The number of ketones is 1. The molecule has 0 aliphatic heterocycles. The minimum absolute atomic E-state index is 0.180. The van der Waals surface area contributed by atoms with Gasteiger partial charge in [-0.3, -0.25) is 4.79 Å². The molecule has 0 aliphatic rings. The third-order valence-electron chi connectivity index (χ3n) is 1.24. The fourth-order valence-electron chi connectivity index (χ4n) is 0.698. The van der Waals surface area contributed by atoms with Gasteiger partial charge in [0, 0.05) is 0 Å². The number of hydrogen-bond acceptors (Lipinski definition) is 3. The van der Waals surface area contributed by atoms with Crippen molar-refractivity contribution < 1.29 is 9.53 Å². The predicted molar refractivity (Wildman–Crippen MR) is 42.6 cm³/mol. The fourth-order valence-corrected chi connectivity index (χ4v) is 0.698. The summed E-state index contributed by atoms with van der Waals surface area (Å²) in [6.07, 6.45) is 0. The average Bonchev–Trinajstić information content (AvgIpc) is 2.16. The molecule has 0 spiro atoms. The van der Waals surface area contributed by atoms with Crippen molar-refractivity contribution in [3.8, 4) is 11.8 Å². The van der Waals surface area contributed by atoms with Crippen LogP contribution in [0.1, 0.15) is 0 Å². The molecular weight excluding hydrogens is 154 g/mol. The number of carbonyl (C=O) groups excluding carboxylic acids is 1. The molecule has 0 fully saturated rings. The number of ether oxygens (including phenoxy) is 1. The van der Waals surface area contributed by atoms with Crippen molar-refractivity contribution in [3.63, 3.8) is 0 Å². The maximum atomic E-state index is 10.5. The van der Waals surface area contributed by atoms with Gasteiger partial charge in [0.15, 0.2) is 6.61 Å². The van der Waals surface area contributed by atoms with Gasteiger partial charge in [-0.25, -0.2) is 0 Å². The van der Waals surface area contributed by atoms with Crippen molar-refractivity contribution >= 4 is 5.78 Å². The number of nitriles is 1. The van der Waals surface area contributed by atoms with Crippen LogP contribution in [0.4, 0.5) is 0 Å². The minimum atomic E-state index is -0.571. The molecule has 0 bridgehead atoms. The van der Waals surface area contributed by atoms with Crippen LogP contribution in [0, 0.1) is 11.3 Å². The van der Waals surface area contributed by atoms with Crippen LogP contribution in [0.5, 0.6) is 5.75 Å². The first-order valence-electron chi connectivity index (χ1n) is 3.43. The monoisotopic (exact) mass is 161 g/mol. The zero-order valence-corrected chi connectivity index (χ0v) is 6.36. The number of hydrogen-bond donors (Lipinski definition) is 0. The molecule has 1 aromatic carbocycles. The molecule has 1 aromatic rings. The summed E-state index contributed by atoms with van der Waals surface area (Å²) in [7, 11) is 0. The highest BCUT2D eigenvalue weighted by Crippen LogP contribution is 2.07. The summed E-state index contributed by atoms with van der Waals surface area (Å²) < 4.78 is 4.99. The molecule has 0 N–H and O–H groups in total. The summed E-state index contributed by atoms with van der Waals surface area (Å²) in [6.45, 7) is -0.180. The molecule has 0 aromatic heterocycles. The maximum absolute atomic E-state index is 10.5. The van der Waals surface area contributed by atoms with Gasteiger partial charge in [0.1, 0.15) is 11.8 Å². The second-order valence-electron chi connectivity index (χ2n) is 2.14. The Morgan fingerprint density at radius 3 is 2.67 bits per heavy atom. The molecule has 1 rings (SSSR count). The van der Waals surface area contributed by atoms with E-state index in [-0.39, 0.29) is 6.61 Å². The van der Waals surface area contributed by atoms with Crippen molar-refractivity contribution in [2.24, 2.45) is 0 Å². The van der Waals surface area contributed by atoms with Gasteiger partial charge in [0.25, 0.3) is 5.78 Å². The first-order valence-corrected chi connectivity index (χ1v) is 3.43. The number of Topliss-reactive ketones (excluding diaryl/α,β-unsaturated/α-hetero) is 1. The summed E-state index contributed by atoms with van der Waals surface area (Å²) in [6, 6.07) is 10.4. The number of benzene rings is 1. The van der Waals surface area contributed by atoms with Gasteiger partial charge < -0.3 is 4.74 Å². The number of carbonyl (C=O) groups is 1. The fraction of sp³-hybridized carbons (Fsp3) is 0.111. The Kier molecular flexibility index (Phi) is 2.86. The summed E-state index contributed by atoms with van der Waals surface area (Å²) in [5, 5.41) is 8.13. The Hall–Kier alpha value is -1.82. The van der Waals surface area contributed by atoms with Crippen LogP contribution >= 0.6 is 0 Å². The van der Waals surface area contributed by atoms with E-state index in [0.717, 1.165) is 0 Å². The Morgan fingerprint density at radius 1 is 1.42 bits per heavy atom. The molecule has 0 amide bonds. The topological polar surface area (TPSA) is 50.1 Å². The largest absolute Gasteiger partial charge is 0.485 e. The summed E-state index contributed by atoms with van der Waals surface area (Å²) in [4.78, 5) is 10.5. The third-order valence-corrected chi connectivity index (χ3v) is 1.24. The normalized spacial score (nSPS) is 8.58. The molecule has 12 heavy (non-hydrogen) atoms. The summed E-state index contributed by atoms with van der Waals surface area (Å²) >= 11 is 0. The van der Waals surface area contributed by atoms with Crippen LogP contribution in [-0.4, -0.2) is 12.4 Å². The van der Waals surface area contributed by atoms with Crippen LogP contribution in [0.2, 0.25) is 0 Å². The highest BCUT2D eigenvalue weighted by atomic mass is 16.5. The van der Waals surface area contributed by atoms with Crippen molar-refractivity contribution in [1.82, 2.24) is 0 Å². The van der Waals surface area contributed by atoms with E-state index in [0.29, 0.717) is 5.75 Å². The van der Waals surface area contributed by atoms with Crippen molar-refractivity contribution in [2.45, 2.75) is 0 Å². The van der Waals surface area contributed by atoms with Crippen molar-refractivity contribution in [1.29, 1.82) is 5.26 Å². The molecule has 3 nitrogen and oxygen atoms in total. The van der Waals surface area contributed by atoms with Crippen LogP contribution < -0.4 is 4.74 Å². The lowest BCUT2D eigenvalue weighted by Crippen LogP contribution is -2.07. The lowest BCUT2D eigenvalue weighted by Gasteiger charge is -2.00. The Morgan fingerprint density at radius 2 is 2.08 bits per heavy atom. The van der Waals surface area contributed by atoms with Gasteiger partial charge in [-0.05, 0) is 12.1 Å². The molecule has 0 heterocycles. The van der Waals surface area contributed by atoms with Gasteiger partial charge in [0.2, 0.25) is 0 Å². The zero-order valence-electron chi connectivity index (χ0n) is 6.36. The minimum Gasteiger partial charge on any atom is -0.485 e. The standard InChI is InChI=1S/C9H7NO2/c10-6-8(11)7-12-9-4-2-1-3-5-9/h1-5H,7H2. The number of nitrogens with zero attached hydrogens (tertiary/aromatic N) is 1. The van der Waals surface area contributed by atoms with Crippen LogP contribution in [0.25, 0.3) is 0 Å². The molecule has 60 valence electrons. The van der Waals surface area contributed by atoms with Gasteiger partial charge >= 0.3 is 0 Å². The van der Waals surface area contributed by atoms with Gasteiger partial charge in [-0.2, -0.15) is 5.26 Å². The second kappa shape index (κ2) is 4.14. The quantitative estimate of drug-likeness (QED) is 0.625. The van der Waals surface area contributed by atoms with E-state index in [1.54, 1.807) is 24.3 Å². The van der Waals surface area contributed by atoms with E-state index in [2.05, 4.69) is 0 Å². The van der Waals surface area contributed by atoms with Gasteiger partial charge in [-0.15, -0.1) is 0 Å². The summed E-state index contributed by atoms with van der Waals surface area (Å²) in [5.74, 6) is 0.0277. The lowest BCUT2D eigenvalue weighted by atomic mass is 10.3. The van der Waals surface area contributed by atoms with E-state index < -0.39 is 5.78 Å². The molecular formula is C9H7NO2. The molecule has 3 heteroatoms. The first kappa shape index (κ1) is 8.28. The first-order chi connectivity index (χ1) is 5.83. The van der Waals surface area contributed by atoms with E-state index in [1.165, 1.54) is 6.07 Å². The molecule has 0 atom stereocenters. The highest BCUT2D eigenvalue weighted by molar-refractivity contribution is 5.94.